The number of ether oxygens (including phenoxy) is 2. The molecule has 2 aliphatic rings. The van der Waals surface area contributed by atoms with E-state index in [1.165, 1.54) is 23.9 Å². The lowest BCUT2D eigenvalue weighted by molar-refractivity contribution is -0.115. The van der Waals surface area contributed by atoms with Crippen LogP contribution in [0, 0.1) is 12.7 Å². The van der Waals surface area contributed by atoms with Crippen molar-refractivity contribution in [3.05, 3.63) is 65.0 Å². The van der Waals surface area contributed by atoms with Crippen molar-refractivity contribution in [2.75, 3.05) is 50.1 Å². The fourth-order valence-electron chi connectivity index (χ4n) is 3.97. The molecule has 4 rings (SSSR count). The highest BCUT2D eigenvalue weighted by Crippen LogP contribution is 2.42. The van der Waals surface area contributed by atoms with E-state index in [0.29, 0.717) is 17.9 Å². The van der Waals surface area contributed by atoms with Crippen LogP contribution in [-0.4, -0.2) is 62.0 Å². The molecule has 6 nitrogen and oxygen atoms in total. The molecule has 2 aliphatic heterocycles. The van der Waals surface area contributed by atoms with Crippen molar-refractivity contribution in [1.82, 2.24) is 4.90 Å². The highest BCUT2D eigenvalue weighted by atomic mass is 32.2. The molecule has 2 saturated heterocycles. The molecule has 1 unspecified atom stereocenters. The van der Waals surface area contributed by atoms with Gasteiger partial charge in [-0.05, 0) is 54.8 Å². The number of thioether (sulfide) groups is 1. The monoisotopic (exact) mass is 458 g/mol. The van der Waals surface area contributed by atoms with Gasteiger partial charge < -0.3 is 9.47 Å². The third kappa shape index (κ3) is 5.31. The predicted octanol–water partition coefficient (Wildman–Crippen LogP) is 3.79. The van der Waals surface area contributed by atoms with Crippen LogP contribution in [0.3, 0.4) is 0 Å². The first-order chi connectivity index (χ1) is 15.5. The minimum Gasteiger partial charge on any atom is -0.462 e. The highest BCUT2D eigenvalue weighted by Gasteiger charge is 2.35. The molecular formula is C24H27FN2O4S. The summed E-state index contributed by atoms with van der Waals surface area (Å²) in [6.45, 7) is 6.47. The number of halogens is 1. The van der Waals surface area contributed by atoms with Gasteiger partial charge in [-0.1, -0.05) is 12.1 Å². The first kappa shape index (κ1) is 22.8. The summed E-state index contributed by atoms with van der Waals surface area (Å²) < 4.78 is 24.1. The zero-order valence-electron chi connectivity index (χ0n) is 18.1. The van der Waals surface area contributed by atoms with Gasteiger partial charge in [0.15, 0.2) is 0 Å². The second-order valence-corrected chi connectivity index (χ2v) is 8.99. The average Bonchev–Trinajstić information content (AvgIpc) is 3.18. The van der Waals surface area contributed by atoms with E-state index in [9.17, 15) is 14.0 Å². The van der Waals surface area contributed by atoms with E-state index in [1.54, 1.807) is 35.2 Å². The maximum Gasteiger partial charge on any atom is 0.338 e. The van der Waals surface area contributed by atoms with Crippen molar-refractivity contribution < 1.29 is 23.5 Å². The van der Waals surface area contributed by atoms with Crippen LogP contribution in [0.15, 0.2) is 42.5 Å². The molecule has 32 heavy (non-hydrogen) atoms. The SMILES string of the molecule is Cc1cc(C(=O)OCCCN2CCOCC2)ccc1N1C(=O)CSC1c1ccc(F)cc1. The van der Waals surface area contributed by atoms with Crippen LogP contribution in [-0.2, 0) is 14.3 Å². The molecule has 2 heterocycles. The van der Waals surface area contributed by atoms with Gasteiger partial charge in [0, 0.05) is 25.3 Å². The van der Waals surface area contributed by atoms with Crippen LogP contribution >= 0.6 is 11.8 Å². The number of hydrogen-bond acceptors (Lipinski definition) is 6. The third-order valence-electron chi connectivity index (χ3n) is 5.67. The van der Waals surface area contributed by atoms with Crippen molar-refractivity contribution in [3.63, 3.8) is 0 Å². The van der Waals surface area contributed by atoms with Gasteiger partial charge >= 0.3 is 5.97 Å². The molecule has 0 aromatic heterocycles. The Morgan fingerprint density at radius 2 is 1.94 bits per heavy atom. The molecule has 0 aliphatic carbocycles. The zero-order valence-corrected chi connectivity index (χ0v) is 18.9. The van der Waals surface area contributed by atoms with Crippen LogP contribution in [0.1, 0.15) is 33.3 Å². The number of nitrogens with zero attached hydrogens (tertiary/aromatic N) is 2. The quantitative estimate of drug-likeness (QED) is 0.465. The molecule has 170 valence electrons. The minimum absolute atomic E-state index is 0.00846. The van der Waals surface area contributed by atoms with E-state index in [1.807, 2.05) is 6.92 Å². The summed E-state index contributed by atoms with van der Waals surface area (Å²) in [7, 11) is 0. The van der Waals surface area contributed by atoms with Crippen LogP contribution in [0.5, 0.6) is 0 Å². The molecule has 0 saturated carbocycles. The van der Waals surface area contributed by atoms with Gasteiger partial charge in [0.05, 0.1) is 31.1 Å². The number of esters is 1. The molecule has 0 spiro atoms. The highest BCUT2D eigenvalue weighted by molar-refractivity contribution is 8.00. The fraction of sp³-hybridized carbons (Fsp3) is 0.417. The maximum absolute atomic E-state index is 13.3. The third-order valence-corrected chi connectivity index (χ3v) is 6.88. The summed E-state index contributed by atoms with van der Waals surface area (Å²) in [5.41, 5.74) is 2.90. The summed E-state index contributed by atoms with van der Waals surface area (Å²) in [5.74, 6) is -0.322. The van der Waals surface area contributed by atoms with Gasteiger partial charge in [0.2, 0.25) is 5.91 Å². The van der Waals surface area contributed by atoms with Crippen molar-refractivity contribution >= 4 is 29.3 Å². The van der Waals surface area contributed by atoms with E-state index in [0.717, 1.165) is 56.1 Å². The number of morpholine rings is 1. The molecule has 0 N–H and O–H groups in total. The first-order valence-corrected chi connectivity index (χ1v) is 11.8. The smallest absolute Gasteiger partial charge is 0.338 e. The van der Waals surface area contributed by atoms with Crippen molar-refractivity contribution in [2.45, 2.75) is 18.7 Å². The van der Waals surface area contributed by atoms with Crippen LogP contribution in [0.4, 0.5) is 10.1 Å². The Morgan fingerprint density at radius 3 is 2.66 bits per heavy atom. The molecule has 8 heteroatoms. The van der Waals surface area contributed by atoms with Gasteiger partial charge in [-0.25, -0.2) is 9.18 Å². The van der Waals surface area contributed by atoms with E-state index >= 15 is 0 Å². The van der Waals surface area contributed by atoms with Gasteiger partial charge in [0.1, 0.15) is 11.2 Å². The summed E-state index contributed by atoms with van der Waals surface area (Å²) in [5, 5.41) is -0.222. The lowest BCUT2D eigenvalue weighted by Crippen LogP contribution is -2.37. The molecule has 1 atom stereocenters. The number of hydrogen-bond donors (Lipinski definition) is 0. The molecule has 2 aromatic rings. The Kier molecular flexibility index (Phi) is 7.44. The second-order valence-electron chi connectivity index (χ2n) is 7.92. The number of carbonyl (C=O) groups excluding carboxylic acids is 2. The molecular weight excluding hydrogens is 431 g/mol. The number of rotatable bonds is 7. The standard InChI is InChI=1S/C24H27FN2O4S/c1-17-15-19(24(29)31-12-2-9-26-10-13-30-14-11-26)5-8-21(17)27-22(28)16-32-23(27)18-3-6-20(25)7-4-18/h3-8,15,23H,2,9-14,16H2,1H3. The van der Waals surface area contributed by atoms with Crippen LogP contribution < -0.4 is 4.90 Å². The van der Waals surface area contributed by atoms with Gasteiger partial charge in [-0.15, -0.1) is 11.8 Å². The number of aryl methyl sites for hydroxylation is 1. The molecule has 2 aromatic carbocycles. The Hall–Kier alpha value is -2.42. The van der Waals surface area contributed by atoms with Crippen molar-refractivity contribution in [3.8, 4) is 0 Å². The Bertz CT molecular complexity index is 963. The number of anilines is 1. The lowest BCUT2D eigenvalue weighted by atomic mass is 10.1. The maximum atomic E-state index is 13.3. The molecule has 2 fully saturated rings. The van der Waals surface area contributed by atoms with Crippen molar-refractivity contribution in [2.24, 2.45) is 0 Å². The van der Waals surface area contributed by atoms with Gasteiger partial charge in [0.25, 0.3) is 0 Å². The number of amides is 1. The van der Waals surface area contributed by atoms with Gasteiger partial charge in [-0.2, -0.15) is 0 Å². The Balaban J connectivity index is 1.38. The normalized spacial score (nSPS) is 19.4. The molecule has 0 bridgehead atoms. The largest absolute Gasteiger partial charge is 0.462 e. The van der Waals surface area contributed by atoms with Crippen LogP contribution in [0.25, 0.3) is 0 Å². The summed E-state index contributed by atoms with van der Waals surface area (Å²) in [6.07, 6.45) is 0.779. The topological polar surface area (TPSA) is 59.1 Å². The second kappa shape index (κ2) is 10.5. The van der Waals surface area contributed by atoms with Crippen LogP contribution in [0.2, 0.25) is 0 Å². The summed E-state index contributed by atoms with van der Waals surface area (Å²) in [6, 6.07) is 11.5. The Labute approximate surface area is 191 Å². The molecule has 1 amide bonds. The first-order valence-electron chi connectivity index (χ1n) is 10.8. The summed E-state index contributed by atoms with van der Waals surface area (Å²) >= 11 is 1.51. The van der Waals surface area contributed by atoms with Crippen molar-refractivity contribution in [1.29, 1.82) is 0 Å². The van der Waals surface area contributed by atoms with Gasteiger partial charge in [-0.3, -0.25) is 14.6 Å². The minimum atomic E-state index is -0.362. The fourth-order valence-corrected chi connectivity index (χ4v) is 5.14. The predicted molar refractivity (Wildman–Crippen MR) is 122 cm³/mol. The molecule has 0 radical (unpaired) electrons. The number of carbonyl (C=O) groups is 2. The zero-order chi connectivity index (χ0) is 22.5. The van der Waals surface area contributed by atoms with E-state index in [4.69, 9.17) is 9.47 Å². The number of benzene rings is 2. The Morgan fingerprint density at radius 1 is 1.19 bits per heavy atom. The van der Waals surface area contributed by atoms with E-state index < -0.39 is 0 Å². The lowest BCUT2D eigenvalue weighted by Gasteiger charge is -2.26. The average molecular weight is 459 g/mol. The summed E-state index contributed by atoms with van der Waals surface area (Å²) in [4.78, 5) is 29.1. The van der Waals surface area contributed by atoms with E-state index in [-0.39, 0.29) is 23.1 Å². The van der Waals surface area contributed by atoms with E-state index in [2.05, 4.69) is 4.90 Å².